The van der Waals surface area contributed by atoms with Gasteiger partial charge >= 0.3 is 0 Å². The van der Waals surface area contributed by atoms with Crippen molar-refractivity contribution in [1.82, 2.24) is 0 Å². The Hall–Kier alpha value is -1.20. The van der Waals surface area contributed by atoms with Gasteiger partial charge in [-0.15, -0.1) is 11.8 Å². The van der Waals surface area contributed by atoms with Crippen LogP contribution < -0.4 is 0 Å². The van der Waals surface area contributed by atoms with Crippen molar-refractivity contribution in [3.8, 4) is 6.07 Å². The quantitative estimate of drug-likeness (QED) is 0.645. The summed E-state index contributed by atoms with van der Waals surface area (Å²) in [5.74, 6) is 0. The lowest BCUT2D eigenvalue weighted by Crippen LogP contribution is -1.76. The molecule has 0 radical (unpaired) electrons. The van der Waals surface area contributed by atoms with Gasteiger partial charge in [0.2, 0.25) is 0 Å². The fourth-order valence-electron chi connectivity index (χ4n) is 0.921. The molecule has 1 aromatic carbocycles. The summed E-state index contributed by atoms with van der Waals surface area (Å²) in [6, 6.07) is 11.9. The monoisotopic (exact) mass is 175 g/mol. The first kappa shape index (κ1) is 8.89. The average molecular weight is 175 g/mol. The Labute approximate surface area is 76.7 Å². The number of benzene rings is 1. The zero-order valence-electron chi connectivity index (χ0n) is 6.82. The highest BCUT2D eigenvalue weighted by Crippen LogP contribution is 2.23. The van der Waals surface area contributed by atoms with Gasteiger partial charge in [0.1, 0.15) is 0 Å². The lowest BCUT2D eigenvalue weighted by Gasteiger charge is -2.00. The van der Waals surface area contributed by atoms with Gasteiger partial charge in [-0.25, -0.2) is 0 Å². The van der Waals surface area contributed by atoms with Crippen molar-refractivity contribution in [3.63, 3.8) is 0 Å². The van der Waals surface area contributed by atoms with E-state index < -0.39 is 0 Å². The lowest BCUT2D eigenvalue weighted by molar-refractivity contribution is 1.53. The van der Waals surface area contributed by atoms with E-state index in [9.17, 15) is 0 Å². The Balaban J connectivity index is 2.98. The highest BCUT2D eigenvalue weighted by Gasteiger charge is 1.96. The number of nitrogens with zero attached hydrogens (tertiary/aromatic N) is 1. The van der Waals surface area contributed by atoms with Gasteiger partial charge in [-0.1, -0.05) is 30.3 Å². The molecule has 0 spiro atoms. The molecule has 1 aromatic rings. The molecule has 0 unspecified atom stereocenters. The number of rotatable bonds is 2. The molecular weight excluding hydrogens is 166 g/mol. The third-order valence-electron chi connectivity index (χ3n) is 1.47. The summed E-state index contributed by atoms with van der Waals surface area (Å²) in [6.45, 7) is 0. The molecule has 2 heteroatoms. The molecule has 0 saturated carbocycles. The second-order valence-corrected chi connectivity index (χ2v) is 3.06. The third-order valence-corrected chi connectivity index (χ3v) is 2.27. The van der Waals surface area contributed by atoms with Crippen LogP contribution in [0.3, 0.4) is 0 Å². The van der Waals surface area contributed by atoms with Crippen LogP contribution in [0.15, 0.2) is 36.4 Å². The summed E-state index contributed by atoms with van der Waals surface area (Å²) >= 11 is 1.59. The molecule has 0 saturated heterocycles. The largest absolute Gasteiger partial charge is 0.193 e. The standard InChI is InChI=1S/C10H9NS/c1-12-10(7-8-11)9-5-3-2-4-6-9/h2-7H,1H3/b10-7-. The van der Waals surface area contributed by atoms with Gasteiger partial charge < -0.3 is 0 Å². The van der Waals surface area contributed by atoms with Crippen LogP contribution in [0.4, 0.5) is 0 Å². The molecule has 0 fully saturated rings. The summed E-state index contributed by atoms with van der Waals surface area (Å²) in [6.07, 6.45) is 3.54. The molecule has 0 N–H and O–H groups in total. The van der Waals surface area contributed by atoms with Crippen molar-refractivity contribution in [2.24, 2.45) is 0 Å². The first-order valence-corrected chi connectivity index (χ1v) is 4.80. The van der Waals surface area contributed by atoms with E-state index in [2.05, 4.69) is 0 Å². The van der Waals surface area contributed by atoms with Crippen LogP contribution in [-0.2, 0) is 0 Å². The molecule has 0 aliphatic carbocycles. The molecule has 1 nitrogen and oxygen atoms in total. The number of thioether (sulfide) groups is 1. The molecule has 0 atom stereocenters. The van der Waals surface area contributed by atoms with Gasteiger partial charge in [-0.05, 0) is 11.8 Å². The fraction of sp³-hybridized carbons (Fsp3) is 0.100. The highest BCUT2D eigenvalue weighted by molar-refractivity contribution is 8.07. The molecule has 0 bridgehead atoms. The molecule has 0 aliphatic rings. The zero-order chi connectivity index (χ0) is 8.81. The van der Waals surface area contributed by atoms with E-state index in [1.54, 1.807) is 17.8 Å². The zero-order valence-corrected chi connectivity index (χ0v) is 7.64. The number of allylic oxidation sites excluding steroid dienone is 1. The average Bonchev–Trinajstić information content (AvgIpc) is 2.15. The summed E-state index contributed by atoms with van der Waals surface area (Å²) < 4.78 is 0. The highest BCUT2D eigenvalue weighted by atomic mass is 32.2. The molecule has 1 rings (SSSR count). The van der Waals surface area contributed by atoms with Crippen LogP contribution in [0.1, 0.15) is 5.56 Å². The van der Waals surface area contributed by atoms with E-state index in [1.165, 1.54) is 0 Å². The topological polar surface area (TPSA) is 23.8 Å². The van der Waals surface area contributed by atoms with Crippen molar-refractivity contribution in [2.45, 2.75) is 0 Å². The lowest BCUT2D eigenvalue weighted by atomic mass is 10.2. The Morgan fingerprint density at radius 2 is 2.08 bits per heavy atom. The summed E-state index contributed by atoms with van der Waals surface area (Å²) in [7, 11) is 0. The van der Waals surface area contributed by atoms with Gasteiger partial charge in [0.05, 0.1) is 6.07 Å². The summed E-state index contributed by atoms with van der Waals surface area (Å²) in [5.41, 5.74) is 1.10. The molecular formula is C10H9NS. The van der Waals surface area contributed by atoms with Gasteiger partial charge in [0.15, 0.2) is 0 Å². The van der Waals surface area contributed by atoms with Crippen LogP contribution in [-0.4, -0.2) is 6.26 Å². The molecule has 0 heterocycles. The van der Waals surface area contributed by atoms with Crippen molar-refractivity contribution < 1.29 is 0 Å². The maximum absolute atomic E-state index is 8.49. The van der Waals surface area contributed by atoms with Crippen molar-refractivity contribution >= 4 is 16.7 Å². The molecule has 12 heavy (non-hydrogen) atoms. The predicted molar refractivity (Wildman–Crippen MR) is 53.5 cm³/mol. The van der Waals surface area contributed by atoms with Crippen LogP contribution in [0, 0.1) is 11.3 Å². The fourth-order valence-corrected chi connectivity index (χ4v) is 1.46. The van der Waals surface area contributed by atoms with Gasteiger partial charge in [-0.2, -0.15) is 5.26 Å². The van der Waals surface area contributed by atoms with Gasteiger partial charge in [0, 0.05) is 11.0 Å². The summed E-state index contributed by atoms with van der Waals surface area (Å²) in [5, 5.41) is 8.49. The molecule has 60 valence electrons. The van der Waals surface area contributed by atoms with Crippen LogP contribution in [0.5, 0.6) is 0 Å². The van der Waals surface area contributed by atoms with Crippen LogP contribution in [0.2, 0.25) is 0 Å². The van der Waals surface area contributed by atoms with E-state index >= 15 is 0 Å². The van der Waals surface area contributed by atoms with Crippen LogP contribution in [0.25, 0.3) is 4.91 Å². The minimum Gasteiger partial charge on any atom is -0.193 e. The van der Waals surface area contributed by atoms with E-state index in [0.717, 1.165) is 10.5 Å². The Morgan fingerprint density at radius 3 is 2.58 bits per heavy atom. The first-order valence-electron chi connectivity index (χ1n) is 3.57. The number of nitriles is 1. The van der Waals surface area contributed by atoms with Crippen molar-refractivity contribution in [1.29, 1.82) is 5.26 Å². The Kier molecular flexibility index (Phi) is 3.43. The van der Waals surface area contributed by atoms with E-state index in [-0.39, 0.29) is 0 Å². The number of hydrogen-bond donors (Lipinski definition) is 0. The van der Waals surface area contributed by atoms with Gasteiger partial charge in [-0.3, -0.25) is 0 Å². The second-order valence-electron chi connectivity index (χ2n) is 2.21. The molecule has 0 aromatic heterocycles. The normalized spacial score (nSPS) is 10.8. The van der Waals surface area contributed by atoms with Gasteiger partial charge in [0.25, 0.3) is 0 Å². The third kappa shape index (κ3) is 2.14. The maximum atomic E-state index is 8.49. The molecule has 0 aliphatic heterocycles. The van der Waals surface area contributed by atoms with E-state index in [4.69, 9.17) is 5.26 Å². The minimum atomic E-state index is 1.01. The minimum absolute atomic E-state index is 1.01. The summed E-state index contributed by atoms with van der Waals surface area (Å²) in [4.78, 5) is 1.01. The predicted octanol–water partition coefficient (Wildman–Crippen LogP) is 2.91. The van der Waals surface area contributed by atoms with Crippen molar-refractivity contribution in [3.05, 3.63) is 42.0 Å². The smallest absolute Gasteiger partial charge is 0.0923 e. The SMILES string of the molecule is CS/C(=C\C#N)c1ccccc1. The number of hydrogen-bond acceptors (Lipinski definition) is 2. The second kappa shape index (κ2) is 4.63. The maximum Gasteiger partial charge on any atom is 0.0923 e. The Morgan fingerprint density at radius 1 is 1.42 bits per heavy atom. The Bertz CT molecular complexity index is 308. The van der Waals surface area contributed by atoms with Crippen molar-refractivity contribution in [2.75, 3.05) is 6.26 Å². The first-order chi connectivity index (χ1) is 5.88. The van der Waals surface area contributed by atoms with E-state index in [1.807, 2.05) is 42.7 Å². The van der Waals surface area contributed by atoms with Crippen LogP contribution >= 0.6 is 11.8 Å². The van der Waals surface area contributed by atoms with E-state index in [0.29, 0.717) is 0 Å². The molecule has 0 amide bonds.